The number of nitrogens with zero attached hydrogens (tertiary/aromatic N) is 1. The summed E-state index contributed by atoms with van der Waals surface area (Å²) in [5.41, 5.74) is 19.0. The Morgan fingerprint density at radius 1 is 0.343 bits per heavy atom. The van der Waals surface area contributed by atoms with E-state index in [0.29, 0.717) is 0 Å². The van der Waals surface area contributed by atoms with Gasteiger partial charge in [-0.2, -0.15) is 0 Å². The number of ether oxygens (including phenoxy) is 1. The molecule has 2 unspecified atom stereocenters. The van der Waals surface area contributed by atoms with Gasteiger partial charge < -0.3 is 9.30 Å². The Bertz CT molecular complexity index is 4060. The molecule has 0 fully saturated rings. The average molecular weight is 892 g/mol. The lowest BCUT2D eigenvalue weighted by atomic mass is 9.79. The van der Waals surface area contributed by atoms with Crippen LogP contribution in [0.3, 0.4) is 0 Å². The van der Waals surface area contributed by atoms with Crippen molar-refractivity contribution in [2.45, 2.75) is 12.0 Å². The van der Waals surface area contributed by atoms with E-state index in [4.69, 9.17) is 4.74 Å². The van der Waals surface area contributed by atoms with Crippen LogP contribution < -0.4 is 4.74 Å². The third-order valence-electron chi connectivity index (χ3n) is 14.7. The van der Waals surface area contributed by atoms with Gasteiger partial charge in [0.05, 0.1) is 11.0 Å². The fraction of sp³-hybridized carbons (Fsp3) is 0.0294. The molecule has 0 radical (unpaired) electrons. The first-order valence-corrected chi connectivity index (χ1v) is 24.3. The van der Waals surface area contributed by atoms with Gasteiger partial charge in [-0.3, -0.25) is 0 Å². The van der Waals surface area contributed by atoms with Gasteiger partial charge in [-0.15, -0.1) is 0 Å². The average Bonchev–Trinajstić information content (AvgIpc) is 3.98. The van der Waals surface area contributed by atoms with E-state index in [-0.39, 0.29) is 12.0 Å². The number of hydrogen-bond donors (Lipinski definition) is 0. The van der Waals surface area contributed by atoms with Gasteiger partial charge in [0.15, 0.2) is 0 Å². The van der Waals surface area contributed by atoms with E-state index in [1.807, 2.05) is 0 Å². The van der Waals surface area contributed by atoms with E-state index in [1.165, 1.54) is 93.5 Å². The molecule has 12 aromatic rings. The van der Waals surface area contributed by atoms with Crippen molar-refractivity contribution in [3.63, 3.8) is 0 Å². The molecule has 328 valence electrons. The third kappa shape index (κ3) is 6.49. The largest absolute Gasteiger partial charge is 0.484 e. The van der Waals surface area contributed by atoms with Gasteiger partial charge in [-0.25, -0.2) is 0 Å². The van der Waals surface area contributed by atoms with Crippen molar-refractivity contribution in [1.82, 2.24) is 4.57 Å². The molecule has 0 spiro atoms. The number of rotatable bonds is 7. The summed E-state index contributed by atoms with van der Waals surface area (Å²) in [5.74, 6) is 0.964. The zero-order valence-electron chi connectivity index (χ0n) is 38.3. The molecule has 1 aliphatic heterocycles. The maximum Gasteiger partial charge on any atom is 0.135 e. The molecule has 0 amide bonds. The predicted molar refractivity (Wildman–Crippen MR) is 294 cm³/mol. The highest BCUT2D eigenvalue weighted by Gasteiger charge is 2.40. The number of benzene rings is 11. The Morgan fingerprint density at radius 2 is 0.871 bits per heavy atom. The monoisotopic (exact) mass is 891 g/mol. The lowest BCUT2D eigenvalue weighted by molar-refractivity contribution is 0.279. The minimum atomic E-state index is -0.215. The first-order chi connectivity index (χ1) is 34.7. The molecule has 0 saturated carbocycles. The SMILES string of the molecule is C1=C(c2ccccc2)C=C(c2ccc3c(c2)c2ccccc2n3-c2ccc3c(-c4ccccc4)c4ccccc4c(-c4ccccc4)c3c2)C2Oc3c(-c4ccccc4)cc(-c4ccccc4)cc3C12. The molecule has 0 N–H and O–H groups in total. The van der Waals surface area contributed by atoms with E-state index < -0.39 is 0 Å². The molecular formula is C68H45NO. The molecule has 2 heterocycles. The zero-order valence-corrected chi connectivity index (χ0v) is 38.3. The number of allylic oxidation sites excluding steroid dienone is 2. The summed E-state index contributed by atoms with van der Waals surface area (Å²) in [6.45, 7) is 0. The molecule has 70 heavy (non-hydrogen) atoms. The number of aromatic nitrogens is 1. The van der Waals surface area contributed by atoms with Crippen molar-refractivity contribution in [3.05, 3.63) is 278 Å². The first-order valence-electron chi connectivity index (χ1n) is 24.3. The van der Waals surface area contributed by atoms with Crippen molar-refractivity contribution >= 4 is 54.5 Å². The Kier molecular flexibility index (Phi) is 9.38. The van der Waals surface area contributed by atoms with E-state index in [1.54, 1.807) is 0 Å². The van der Waals surface area contributed by atoms with Crippen LogP contribution in [0, 0.1) is 0 Å². The molecule has 2 atom stereocenters. The van der Waals surface area contributed by atoms with Crippen LogP contribution >= 0.6 is 0 Å². The van der Waals surface area contributed by atoms with Crippen molar-refractivity contribution in [3.8, 4) is 55.9 Å². The second-order valence-corrected chi connectivity index (χ2v) is 18.7. The van der Waals surface area contributed by atoms with E-state index >= 15 is 0 Å². The Hall–Kier alpha value is -8.98. The maximum absolute atomic E-state index is 7.36. The summed E-state index contributed by atoms with van der Waals surface area (Å²) < 4.78 is 9.82. The van der Waals surface area contributed by atoms with Crippen LogP contribution in [0.5, 0.6) is 5.75 Å². The summed E-state index contributed by atoms with van der Waals surface area (Å²) in [4.78, 5) is 0. The van der Waals surface area contributed by atoms with Crippen LogP contribution in [0.2, 0.25) is 0 Å². The summed E-state index contributed by atoms with van der Waals surface area (Å²) in [7, 11) is 0. The second kappa shape index (κ2) is 16.4. The minimum absolute atomic E-state index is 0.00152. The third-order valence-corrected chi connectivity index (χ3v) is 14.7. The van der Waals surface area contributed by atoms with Crippen molar-refractivity contribution in [2.75, 3.05) is 0 Å². The molecule has 14 rings (SSSR count). The molecular weight excluding hydrogens is 847 g/mol. The van der Waals surface area contributed by atoms with Crippen molar-refractivity contribution in [2.24, 2.45) is 0 Å². The first kappa shape index (κ1) is 40.1. The van der Waals surface area contributed by atoms with Gasteiger partial charge in [0, 0.05) is 39.1 Å². The lowest BCUT2D eigenvalue weighted by Gasteiger charge is -2.26. The summed E-state index contributed by atoms with van der Waals surface area (Å²) >= 11 is 0. The van der Waals surface area contributed by atoms with Gasteiger partial charge in [0.2, 0.25) is 0 Å². The Morgan fingerprint density at radius 3 is 1.53 bits per heavy atom. The lowest BCUT2D eigenvalue weighted by Crippen LogP contribution is -2.22. The van der Waals surface area contributed by atoms with Crippen LogP contribution in [-0.2, 0) is 0 Å². The van der Waals surface area contributed by atoms with Gasteiger partial charge in [-0.05, 0) is 126 Å². The molecule has 1 aliphatic carbocycles. The highest BCUT2D eigenvalue weighted by molar-refractivity contribution is 6.22. The van der Waals surface area contributed by atoms with Crippen LogP contribution in [0.4, 0.5) is 0 Å². The number of fused-ring (bicyclic) bond motifs is 8. The van der Waals surface area contributed by atoms with Crippen LogP contribution in [-0.4, -0.2) is 10.7 Å². The molecule has 0 saturated heterocycles. The highest BCUT2D eigenvalue weighted by atomic mass is 16.5. The molecule has 2 aliphatic rings. The quantitative estimate of drug-likeness (QED) is 0.145. The van der Waals surface area contributed by atoms with Crippen molar-refractivity contribution in [1.29, 1.82) is 0 Å². The summed E-state index contributed by atoms with van der Waals surface area (Å²) in [6, 6.07) is 90.7. The predicted octanol–water partition coefficient (Wildman–Crippen LogP) is 17.8. The Labute approximate surface area is 407 Å². The van der Waals surface area contributed by atoms with E-state index in [2.05, 4.69) is 265 Å². The summed E-state index contributed by atoms with van der Waals surface area (Å²) in [6.07, 6.45) is 4.61. The maximum atomic E-state index is 7.36. The Balaban J connectivity index is 0.964. The molecule has 2 nitrogen and oxygen atoms in total. The number of hydrogen-bond acceptors (Lipinski definition) is 1. The standard InChI is InChI=1S/C68H45NO/c1-6-20-44(21-7-1)50-39-57(46-24-10-3-11-25-46)67-61(41-50)62-42-51(45-22-8-2-9-23-45)40-58(68(62)70-67)49-34-37-64-59(38-49)53-30-18-19-33-63(53)69(64)52-35-36-56-60(43-52)66(48-28-14-5-15-29-48)55-32-17-16-31-54(55)65(56)47-26-12-4-13-27-47/h1-43,62,68H. The normalized spacial score (nSPS) is 15.1. The summed E-state index contributed by atoms with van der Waals surface area (Å²) in [5, 5.41) is 7.39. The van der Waals surface area contributed by atoms with E-state index in [9.17, 15) is 0 Å². The molecule has 11 aromatic carbocycles. The van der Waals surface area contributed by atoms with Crippen molar-refractivity contribution < 1.29 is 4.74 Å². The van der Waals surface area contributed by atoms with Gasteiger partial charge >= 0.3 is 0 Å². The molecule has 0 bridgehead atoms. The number of para-hydroxylation sites is 1. The smallest absolute Gasteiger partial charge is 0.135 e. The fourth-order valence-corrected chi connectivity index (χ4v) is 11.6. The fourth-order valence-electron chi connectivity index (χ4n) is 11.6. The van der Waals surface area contributed by atoms with E-state index in [0.717, 1.165) is 33.6 Å². The highest BCUT2D eigenvalue weighted by Crippen LogP contribution is 2.54. The van der Waals surface area contributed by atoms with Crippen LogP contribution in [0.1, 0.15) is 22.6 Å². The zero-order chi connectivity index (χ0) is 46.1. The molecule has 1 aromatic heterocycles. The topological polar surface area (TPSA) is 14.2 Å². The molecule has 2 heteroatoms. The van der Waals surface area contributed by atoms with Crippen LogP contribution in [0.25, 0.3) is 105 Å². The minimum Gasteiger partial charge on any atom is -0.484 e. The second-order valence-electron chi connectivity index (χ2n) is 18.7. The van der Waals surface area contributed by atoms with Gasteiger partial charge in [0.1, 0.15) is 11.9 Å². The van der Waals surface area contributed by atoms with Crippen LogP contribution in [0.15, 0.2) is 261 Å². The van der Waals surface area contributed by atoms with Gasteiger partial charge in [0.25, 0.3) is 0 Å². The van der Waals surface area contributed by atoms with Gasteiger partial charge in [-0.1, -0.05) is 212 Å².